The van der Waals surface area contributed by atoms with Crippen LogP contribution in [0.15, 0.2) is 41.3 Å². The highest BCUT2D eigenvalue weighted by Gasteiger charge is 2.08. The fourth-order valence-corrected chi connectivity index (χ4v) is 1.64. The van der Waals surface area contributed by atoms with E-state index in [2.05, 4.69) is 10.4 Å². The molecule has 0 saturated heterocycles. The van der Waals surface area contributed by atoms with Gasteiger partial charge < -0.3 is 10.5 Å². The van der Waals surface area contributed by atoms with Gasteiger partial charge in [0.2, 0.25) is 0 Å². The zero-order valence-corrected chi connectivity index (χ0v) is 12.4. The second kappa shape index (κ2) is 6.75. The third-order valence-electron chi connectivity index (χ3n) is 2.88. The predicted molar refractivity (Wildman–Crippen MR) is 83.0 cm³/mol. The molecule has 1 aromatic heterocycles. The van der Waals surface area contributed by atoms with Gasteiger partial charge in [0.25, 0.3) is 0 Å². The van der Waals surface area contributed by atoms with Crippen molar-refractivity contribution in [2.24, 2.45) is 5.92 Å². The standard InChI is InChI=1S/C15H18N4O3/c1-10(2)14(20)22-9-11-3-5-12(6-4-11)18-19-8-7-13(16)17-15(19)21/h3-8,10,18H,9H2,1-2H3,(H2,16,17,21). The minimum Gasteiger partial charge on any atom is -0.461 e. The van der Waals surface area contributed by atoms with Gasteiger partial charge in [-0.3, -0.25) is 10.2 Å². The molecule has 116 valence electrons. The van der Waals surface area contributed by atoms with E-state index >= 15 is 0 Å². The first-order valence-corrected chi connectivity index (χ1v) is 6.83. The summed E-state index contributed by atoms with van der Waals surface area (Å²) < 4.78 is 6.37. The highest BCUT2D eigenvalue weighted by Crippen LogP contribution is 2.11. The fraction of sp³-hybridized carbons (Fsp3) is 0.267. The number of ether oxygens (including phenoxy) is 1. The van der Waals surface area contributed by atoms with E-state index in [0.717, 1.165) is 5.56 Å². The summed E-state index contributed by atoms with van der Waals surface area (Å²) in [5, 5.41) is 0. The zero-order chi connectivity index (χ0) is 16.1. The summed E-state index contributed by atoms with van der Waals surface area (Å²) in [6.07, 6.45) is 1.50. The van der Waals surface area contributed by atoms with Crippen LogP contribution in [0.25, 0.3) is 0 Å². The molecule has 0 atom stereocenters. The van der Waals surface area contributed by atoms with Gasteiger partial charge in [0, 0.05) is 6.20 Å². The van der Waals surface area contributed by atoms with Crippen molar-refractivity contribution >= 4 is 17.5 Å². The first-order valence-electron chi connectivity index (χ1n) is 6.83. The summed E-state index contributed by atoms with van der Waals surface area (Å²) in [7, 11) is 0. The Balaban J connectivity index is 2.00. The molecule has 0 radical (unpaired) electrons. The number of hydrogen-bond acceptors (Lipinski definition) is 6. The van der Waals surface area contributed by atoms with Gasteiger partial charge in [-0.15, -0.1) is 0 Å². The molecule has 0 fully saturated rings. The lowest BCUT2D eigenvalue weighted by Crippen LogP contribution is -2.28. The molecule has 0 bridgehead atoms. The molecule has 1 heterocycles. The normalized spacial score (nSPS) is 10.5. The van der Waals surface area contributed by atoms with Gasteiger partial charge in [0.15, 0.2) is 0 Å². The number of nitrogen functional groups attached to an aromatic ring is 1. The van der Waals surface area contributed by atoms with Gasteiger partial charge in [-0.25, -0.2) is 9.47 Å². The number of nitrogens with zero attached hydrogens (tertiary/aromatic N) is 2. The molecule has 3 N–H and O–H groups in total. The topological polar surface area (TPSA) is 99.2 Å². The average molecular weight is 302 g/mol. The van der Waals surface area contributed by atoms with E-state index in [1.54, 1.807) is 26.0 Å². The summed E-state index contributed by atoms with van der Waals surface area (Å²) in [6.45, 7) is 3.79. The van der Waals surface area contributed by atoms with Crippen LogP contribution in [0.4, 0.5) is 11.5 Å². The van der Waals surface area contributed by atoms with Crippen LogP contribution >= 0.6 is 0 Å². The number of benzene rings is 1. The van der Waals surface area contributed by atoms with E-state index in [4.69, 9.17) is 10.5 Å². The van der Waals surface area contributed by atoms with Crippen molar-refractivity contribution in [3.05, 3.63) is 52.6 Å². The Morgan fingerprint density at radius 1 is 1.32 bits per heavy atom. The number of nitrogens with one attached hydrogen (secondary N) is 1. The Labute approximate surface area is 127 Å². The minimum absolute atomic E-state index is 0.147. The Morgan fingerprint density at radius 3 is 2.59 bits per heavy atom. The van der Waals surface area contributed by atoms with Crippen LogP contribution in [0.2, 0.25) is 0 Å². The molecule has 0 aliphatic carbocycles. The van der Waals surface area contributed by atoms with E-state index in [9.17, 15) is 9.59 Å². The maximum absolute atomic E-state index is 11.6. The monoisotopic (exact) mass is 302 g/mol. The van der Waals surface area contributed by atoms with Gasteiger partial charge >= 0.3 is 11.7 Å². The van der Waals surface area contributed by atoms with Crippen molar-refractivity contribution in [3.8, 4) is 0 Å². The van der Waals surface area contributed by atoms with Crippen LogP contribution in [0.1, 0.15) is 19.4 Å². The van der Waals surface area contributed by atoms with E-state index in [1.807, 2.05) is 12.1 Å². The lowest BCUT2D eigenvalue weighted by Gasteiger charge is -2.10. The number of esters is 1. The summed E-state index contributed by atoms with van der Waals surface area (Å²) in [6, 6.07) is 8.70. The van der Waals surface area contributed by atoms with Crippen LogP contribution in [0.5, 0.6) is 0 Å². The number of carbonyl (C=O) groups is 1. The van der Waals surface area contributed by atoms with Crippen molar-refractivity contribution in [2.75, 3.05) is 11.2 Å². The molecule has 22 heavy (non-hydrogen) atoms. The van der Waals surface area contributed by atoms with E-state index in [1.165, 1.54) is 16.9 Å². The largest absolute Gasteiger partial charge is 0.461 e. The van der Waals surface area contributed by atoms with Crippen molar-refractivity contribution in [3.63, 3.8) is 0 Å². The van der Waals surface area contributed by atoms with Crippen LogP contribution in [0.3, 0.4) is 0 Å². The molecule has 2 aromatic rings. The summed E-state index contributed by atoms with van der Waals surface area (Å²) >= 11 is 0. The molecular weight excluding hydrogens is 284 g/mol. The number of rotatable bonds is 5. The first-order chi connectivity index (χ1) is 10.5. The molecule has 0 aliphatic rings. The predicted octanol–water partition coefficient (Wildman–Crippen LogP) is 1.40. The molecule has 0 unspecified atom stereocenters. The lowest BCUT2D eigenvalue weighted by molar-refractivity contribution is -0.148. The first kappa shape index (κ1) is 15.6. The molecule has 2 rings (SSSR count). The fourth-order valence-electron chi connectivity index (χ4n) is 1.64. The Morgan fingerprint density at radius 2 is 2.00 bits per heavy atom. The summed E-state index contributed by atoms with van der Waals surface area (Å²) in [4.78, 5) is 26.6. The van der Waals surface area contributed by atoms with E-state index in [-0.39, 0.29) is 24.3 Å². The molecule has 7 nitrogen and oxygen atoms in total. The van der Waals surface area contributed by atoms with E-state index in [0.29, 0.717) is 5.69 Å². The number of anilines is 2. The maximum Gasteiger partial charge on any atom is 0.368 e. The molecule has 0 saturated carbocycles. The molecule has 1 aromatic carbocycles. The molecule has 0 spiro atoms. The van der Waals surface area contributed by atoms with Crippen molar-refractivity contribution in [2.45, 2.75) is 20.5 Å². The van der Waals surface area contributed by atoms with Gasteiger partial charge in [-0.05, 0) is 23.8 Å². The second-order valence-electron chi connectivity index (χ2n) is 5.08. The van der Waals surface area contributed by atoms with Gasteiger partial charge in [0.05, 0.1) is 11.6 Å². The second-order valence-corrected chi connectivity index (χ2v) is 5.08. The highest BCUT2D eigenvalue weighted by molar-refractivity contribution is 5.71. The Kier molecular flexibility index (Phi) is 4.77. The van der Waals surface area contributed by atoms with Crippen molar-refractivity contribution in [1.82, 2.24) is 9.66 Å². The molecule has 0 amide bonds. The lowest BCUT2D eigenvalue weighted by atomic mass is 10.2. The number of carbonyl (C=O) groups excluding carboxylic acids is 1. The SMILES string of the molecule is CC(C)C(=O)OCc1ccc(Nn2ccc(N)nc2=O)cc1. The minimum atomic E-state index is -0.491. The van der Waals surface area contributed by atoms with Gasteiger partial charge in [-0.2, -0.15) is 4.98 Å². The summed E-state index contributed by atoms with van der Waals surface area (Å²) in [5.74, 6) is -0.210. The Hall–Kier alpha value is -2.83. The third-order valence-corrected chi connectivity index (χ3v) is 2.88. The number of aromatic nitrogens is 2. The van der Waals surface area contributed by atoms with Crippen LogP contribution < -0.4 is 16.8 Å². The highest BCUT2D eigenvalue weighted by atomic mass is 16.5. The average Bonchev–Trinajstić information content (AvgIpc) is 2.49. The van der Waals surface area contributed by atoms with E-state index < -0.39 is 5.69 Å². The quantitative estimate of drug-likeness (QED) is 0.810. The smallest absolute Gasteiger partial charge is 0.368 e. The van der Waals surface area contributed by atoms with Crippen LogP contribution in [-0.4, -0.2) is 15.6 Å². The maximum atomic E-state index is 11.6. The molecular formula is C15H18N4O3. The molecule has 7 heteroatoms. The Bertz CT molecular complexity index is 707. The van der Waals surface area contributed by atoms with Crippen molar-refractivity contribution in [1.29, 1.82) is 0 Å². The summed E-state index contributed by atoms with van der Waals surface area (Å²) in [5.41, 5.74) is 9.39. The molecule has 0 aliphatic heterocycles. The van der Waals surface area contributed by atoms with Crippen molar-refractivity contribution < 1.29 is 9.53 Å². The number of hydrogen-bond donors (Lipinski definition) is 2. The van der Waals surface area contributed by atoms with Crippen LogP contribution in [0, 0.1) is 5.92 Å². The third kappa shape index (κ3) is 4.08. The van der Waals surface area contributed by atoms with Gasteiger partial charge in [-0.1, -0.05) is 26.0 Å². The zero-order valence-electron chi connectivity index (χ0n) is 12.4. The van der Waals surface area contributed by atoms with Crippen LogP contribution in [-0.2, 0) is 16.1 Å². The number of nitrogens with two attached hydrogens (primary N) is 1. The van der Waals surface area contributed by atoms with Gasteiger partial charge in [0.1, 0.15) is 12.4 Å².